The van der Waals surface area contributed by atoms with Gasteiger partial charge in [0.2, 0.25) is 5.13 Å². The van der Waals surface area contributed by atoms with E-state index in [2.05, 4.69) is 16.9 Å². The average molecular weight is 360 g/mol. The van der Waals surface area contributed by atoms with E-state index in [1.165, 1.54) is 11.3 Å². The van der Waals surface area contributed by atoms with Crippen molar-refractivity contribution in [2.24, 2.45) is 10.7 Å². The molecule has 1 aromatic heterocycles. The summed E-state index contributed by atoms with van der Waals surface area (Å²) in [5, 5.41) is 0.627. The quantitative estimate of drug-likeness (QED) is 0.445. The molecule has 1 unspecified atom stereocenters. The van der Waals surface area contributed by atoms with Crippen LogP contribution in [0.5, 0.6) is 0 Å². The molecule has 0 amide bonds. The third kappa shape index (κ3) is 5.11. The highest BCUT2D eigenvalue weighted by molar-refractivity contribution is 7.15. The predicted octanol–water partition coefficient (Wildman–Crippen LogP) is 3.02. The van der Waals surface area contributed by atoms with Gasteiger partial charge in [-0.25, -0.2) is 4.98 Å². The number of hydrogen-bond donors (Lipinski definition) is 1. The molecule has 0 saturated heterocycles. The molecule has 0 radical (unpaired) electrons. The molecule has 0 saturated carbocycles. The number of carbonyl (C=O) groups excluding carboxylic acids is 1. The summed E-state index contributed by atoms with van der Waals surface area (Å²) in [7, 11) is 1.66. The molecule has 1 heterocycles. The largest absolute Gasteiger partial charge is 0.383 e. The summed E-state index contributed by atoms with van der Waals surface area (Å²) < 4.78 is 5.09. The van der Waals surface area contributed by atoms with Gasteiger partial charge in [0, 0.05) is 42.8 Å². The zero-order chi connectivity index (χ0) is 18.2. The van der Waals surface area contributed by atoms with E-state index >= 15 is 0 Å². The van der Waals surface area contributed by atoms with Crippen molar-refractivity contribution in [2.45, 2.75) is 19.8 Å². The minimum atomic E-state index is 0.137. The molecular formula is C18H24N4O2S. The van der Waals surface area contributed by atoms with Crippen LogP contribution >= 0.6 is 11.3 Å². The lowest BCUT2D eigenvalue weighted by atomic mass is 9.98. The number of methoxy groups -OCH3 is 1. The lowest BCUT2D eigenvalue weighted by Crippen LogP contribution is -2.39. The average Bonchev–Trinajstić information content (AvgIpc) is 3.10. The highest BCUT2D eigenvalue weighted by Gasteiger charge is 2.13. The van der Waals surface area contributed by atoms with Crippen LogP contribution in [0.1, 0.15) is 40.6 Å². The number of nitrogens with two attached hydrogens (primary N) is 1. The Morgan fingerprint density at radius 1 is 1.52 bits per heavy atom. The van der Waals surface area contributed by atoms with E-state index in [0.717, 1.165) is 23.3 Å². The van der Waals surface area contributed by atoms with Crippen LogP contribution in [0.3, 0.4) is 0 Å². The molecule has 0 spiro atoms. The number of hydrogen-bond acceptors (Lipinski definition) is 5. The maximum atomic E-state index is 11.0. The van der Waals surface area contributed by atoms with E-state index in [0.29, 0.717) is 29.8 Å². The Morgan fingerprint density at radius 2 is 2.32 bits per heavy atom. The maximum absolute atomic E-state index is 11.0. The van der Waals surface area contributed by atoms with Crippen molar-refractivity contribution >= 4 is 28.7 Å². The Morgan fingerprint density at radius 3 is 3.00 bits per heavy atom. The molecule has 134 valence electrons. The van der Waals surface area contributed by atoms with Gasteiger partial charge in [-0.05, 0) is 18.6 Å². The number of aliphatic imine (C=N–C) groups is 1. The Balaban J connectivity index is 2.15. The first-order valence-electron chi connectivity index (χ1n) is 8.18. The first kappa shape index (κ1) is 19.1. The number of carbonyl (C=O) groups is 1. The SMILES string of the molecule is CCN(CCOC)C(N)=Nc1ncc(C(C)c2cccc(C=O)c2)s1. The van der Waals surface area contributed by atoms with Gasteiger partial charge in [-0.3, -0.25) is 4.79 Å². The Bertz CT molecular complexity index is 729. The van der Waals surface area contributed by atoms with Crippen LogP contribution in [0.25, 0.3) is 0 Å². The molecule has 25 heavy (non-hydrogen) atoms. The van der Waals surface area contributed by atoms with Crippen LogP contribution in [-0.4, -0.2) is 48.9 Å². The van der Waals surface area contributed by atoms with Gasteiger partial charge in [-0.1, -0.05) is 36.5 Å². The van der Waals surface area contributed by atoms with Gasteiger partial charge in [0.25, 0.3) is 0 Å². The van der Waals surface area contributed by atoms with Gasteiger partial charge in [0.05, 0.1) is 6.61 Å². The molecule has 0 aliphatic rings. The van der Waals surface area contributed by atoms with E-state index < -0.39 is 0 Å². The van der Waals surface area contributed by atoms with Crippen LogP contribution in [0.2, 0.25) is 0 Å². The van der Waals surface area contributed by atoms with Crippen molar-refractivity contribution in [1.82, 2.24) is 9.88 Å². The Kier molecular flexibility index (Phi) is 7.09. The van der Waals surface area contributed by atoms with Gasteiger partial charge in [0.1, 0.15) is 6.29 Å². The van der Waals surface area contributed by atoms with Crippen molar-refractivity contribution < 1.29 is 9.53 Å². The lowest BCUT2D eigenvalue weighted by Gasteiger charge is -2.20. The first-order valence-corrected chi connectivity index (χ1v) is 8.99. The Labute approximate surface area is 152 Å². The van der Waals surface area contributed by atoms with Crippen LogP contribution in [0, 0.1) is 0 Å². The number of guanidine groups is 1. The summed E-state index contributed by atoms with van der Waals surface area (Å²) >= 11 is 1.50. The maximum Gasteiger partial charge on any atom is 0.212 e. The molecule has 0 aliphatic carbocycles. The second-order valence-corrected chi connectivity index (χ2v) is 6.64. The van der Waals surface area contributed by atoms with Gasteiger partial charge >= 0.3 is 0 Å². The fourth-order valence-corrected chi connectivity index (χ4v) is 3.27. The topological polar surface area (TPSA) is 80.8 Å². The van der Waals surface area contributed by atoms with E-state index in [4.69, 9.17) is 10.5 Å². The zero-order valence-electron chi connectivity index (χ0n) is 14.8. The van der Waals surface area contributed by atoms with Gasteiger partial charge in [-0.15, -0.1) is 0 Å². The van der Waals surface area contributed by atoms with Crippen molar-refractivity contribution in [3.05, 3.63) is 46.5 Å². The molecule has 2 N–H and O–H groups in total. The van der Waals surface area contributed by atoms with Crippen molar-refractivity contribution in [3.8, 4) is 0 Å². The lowest BCUT2D eigenvalue weighted by molar-refractivity contribution is 0.112. The van der Waals surface area contributed by atoms with E-state index in [1.807, 2.05) is 36.2 Å². The third-order valence-electron chi connectivity index (χ3n) is 3.97. The molecule has 2 aromatic rings. The molecule has 1 aromatic carbocycles. The molecule has 6 nitrogen and oxygen atoms in total. The molecule has 0 bridgehead atoms. The molecule has 0 fully saturated rings. The zero-order valence-corrected chi connectivity index (χ0v) is 15.6. The van der Waals surface area contributed by atoms with Crippen LogP contribution < -0.4 is 5.73 Å². The first-order chi connectivity index (χ1) is 12.1. The van der Waals surface area contributed by atoms with Gasteiger partial charge < -0.3 is 15.4 Å². The molecule has 0 aliphatic heterocycles. The van der Waals surface area contributed by atoms with Crippen LogP contribution in [0.15, 0.2) is 35.5 Å². The molecule has 7 heteroatoms. The summed E-state index contributed by atoms with van der Waals surface area (Å²) in [6, 6.07) is 7.60. The number of nitrogens with zero attached hydrogens (tertiary/aromatic N) is 3. The summed E-state index contributed by atoms with van der Waals surface area (Å²) in [6.45, 7) is 6.15. The minimum Gasteiger partial charge on any atom is -0.383 e. The van der Waals surface area contributed by atoms with Gasteiger partial charge in [0.15, 0.2) is 5.96 Å². The summed E-state index contributed by atoms with van der Waals surface area (Å²) in [6.07, 6.45) is 2.68. The van der Waals surface area contributed by atoms with Crippen molar-refractivity contribution in [2.75, 3.05) is 26.8 Å². The van der Waals surface area contributed by atoms with E-state index in [-0.39, 0.29) is 5.92 Å². The number of thiazole rings is 1. The summed E-state index contributed by atoms with van der Waals surface area (Å²) in [5.41, 5.74) is 7.83. The fourth-order valence-electron chi connectivity index (χ4n) is 2.40. The number of aromatic nitrogens is 1. The summed E-state index contributed by atoms with van der Waals surface area (Å²) in [4.78, 5) is 22.8. The molecule has 2 rings (SSSR count). The van der Waals surface area contributed by atoms with Crippen molar-refractivity contribution in [1.29, 1.82) is 0 Å². The minimum absolute atomic E-state index is 0.137. The Hall–Kier alpha value is -2.25. The van der Waals surface area contributed by atoms with Crippen LogP contribution in [-0.2, 0) is 4.74 Å². The van der Waals surface area contributed by atoms with Crippen LogP contribution in [0.4, 0.5) is 5.13 Å². The normalized spacial score (nSPS) is 12.8. The monoisotopic (exact) mass is 360 g/mol. The number of rotatable bonds is 8. The second kappa shape index (κ2) is 9.29. The highest BCUT2D eigenvalue weighted by Crippen LogP contribution is 2.32. The van der Waals surface area contributed by atoms with Gasteiger partial charge in [-0.2, -0.15) is 4.99 Å². The van der Waals surface area contributed by atoms with E-state index in [1.54, 1.807) is 13.2 Å². The highest BCUT2D eigenvalue weighted by atomic mass is 32.1. The second-order valence-electron chi connectivity index (χ2n) is 5.60. The molecule has 1 atom stereocenters. The van der Waals surface area contributed by atoms with E-state index in [9.17, 15) is 4.79 Å². The number of aldehydes is 1. The number of likely N-dealkylation sites (N-methyl/N-ethyl adjacent to an activating group) is 1. The third-order valence-corrected chi connectivity index (χ3v) is 5.04. The molecular weight excluding hydrogens is 336 g/mol. The fraction of sp³-hybridized carbons (Fsp3) is 0.389. The standard InChI is InChI=1S/C18H24N4O2S/c1-4-22(8-9-24-3)17(19)21-18-20-11-16(25-18)13(2)15-7-5-6-14(10-15)12-23/h5-7,10-13H,4,8-9H2,1-3H3,(H2,19,20,21). The van der Waals surface area contributed by atoms with Crippen molar-refractivity contribution in [3.63, 3.8) is 0 Å². The number of ether oxygens (including phenoxy) is 1. The number of benzene rings is 1. The smallest absolute Gasteiger partial charge is 0.212 e. The predicted molar refractivity (Wildman–Crippen MR) is 102 cm³/mol. The summed E-state index contributed by atoms with van der Waals surface area (Å²) in [5.74, 6) is 0.578.